The van der Waals surface area contributed by atoms with E-state index in [4.69, 9.17) is 4.74 Å². The van der Waals surface area contributed by atoms with Crippen LogP contribution in [-0.4, -0.2) is 19.0 Å². The molecule has 1 atom stereocenters. The molecule has 1 unspecified atom stereocenters. The lowest BCUT2D eigenvalue weighted by atomic mass is 10.0. The van der Waals surface area contributed by atoms with Crippen molar-refractivity contribution < 1.29 is 14.3 Å². The van der Waals surface area contributed by atoms with E-state index in [1.54, 1.807) is 0 Å². The first-order valence-electron chi connectivity index (χ1n) is 8.02. The molecule has 0 bridgehead atoms. The summed E-state index contributed by atoms with van der Waals surface area (Å²) in [7, 11) is 1.34. The third kappa shape index (κ3) is 5.88. The molecule has 0 aliphatic heterocycles. The normalized spacial score (nSPS) is 11.8. The summed E-state index contributed by atoms with van der Waals surface area (Å²) >= 11 is 0. The lowest BCUT2D eigenvalue weighted by Crippen LogP contribution is -2.34. The van der Waals surface area contributed by atoms with E-state index >= 15 is 0 Å². The first-order chi connectivity index (χ1) is 10.6. The summed E-state index contributed by atoms with van der Waals surface area (Å²) in [6, 6.07) is 6.80. The number of ether oxygens (including phenoxy) is 1. The van der Waals surface area contributed by atoms with Crippen LogP contribution in [0.3, 0.4) is 0 Å². The number of aryl methyl sites for hydroxylation is 1. The Morgan fingerprint density at radius 2 is 1.82 bits per heavy atom. The molecule has 4 nitrogen and oxygen atoms in total. The van der Waals surface area contributed by atoms with Crippen LogP contribution in [0, 0.1) is 6.92 Å². The van der Waals surface area contributed by atoms with Crippen molar-refractivity contribution in [3.05, 3.63) is 35.4 Å². The first-order valence-corrected chi connectivity index (χ1v) is 8.02. The van der Waals surface area contributed by atoms with Crippen LogP contribution in [-0.2, 0) is 14.3 Å². The van der Waals surface area contributed by atoms with Gasteiger partial charge >= 0.3 is 5.97 Å². The number of hydrogen-bond acceptors (Lipinski definition) is 3. The topological polar surface area (TPSA) is 55.4 Å². The van der Waals surface area contributed by atoms with Crippen LogP contribution in [0.5, 0.6) is 0 Å². The second kappa shape index (κ2) is 9.98. The van der Waals surface area contributed by atoms with Crippen molar-refractivity contribution in [1.82, 2.24) is 5.32 Å². The summed E-state index contributed by atoms with van der Waals surface area (Å²) in [6.45, 7) is 4.08. The van der Waals surface area contributed by atoms with E-state index in [0.29, 0.717) is 6.42 Å². The molecule has 4 heteroatoms. The Bertz CT molecular complexity index is 485. The number of nitrogens with one attached hydrogen (secondary N) is 1. The summed E-state index contributed by atoms with van der Waals surface area (Å²) in [5.74, 6) is -0.538. The molecule has 1 aromatic carbocycles. The number of methoxy groups -OCH3 is 1. The molecule has 1 N–H and O–H groups in total. The average molecular weight is 305 g/mol. The van der Waals surface area contributed by atoms with Crippen LogP contribution in [0.15, 0.2) is 24.3 Å². The zero-order chi connectivity index (χ0) is 16.4. The molecular weight excluding hydrogens is 278 g/mol. The van der Waals surface area contributed by atoms with Gasteiger partial charge < -0.3 is 10.1 Å². The molecule has 0 spiro atoms. The molecule has 0 radical (unpaired) electrons. The average Bonchev–Trinajstić information content (AvgIpc) is 2.52. The molecular formula is C18H27NO3. The van der Waals surface area contributed by atoms with Crippen LogP contribution in [0.2, 0.25) is 0 Å². The number of hydrogen-bond donors (Lipinski definition) is 1. The number of esters is 1. The van der Waals surface area contributed by atoms with Crippen LogP contribution in [0.1, 0.15) is 62.6 Å². The van der Waals surface area contributed by atoms with Crippen molar-refractivity contribution >= 4 is 11.9 Å². The minimum atomic E-state index is -0.727. The minimum absolute atomic E-state index is 0.102. The molecule has 0 aliphatic carbocycles. The zero-order valence-electron chi connectivity index (χ0n) is 13.9. The van der Waals surface area contributed by atoms with E-state index in [1.165, 1.54) is 20.0 Å². The Labute approximate surface area is 133 Å². The Kier molecular flexibility index (Phi) is 8.26. The molecule has 22 heavy (non-hydrogen) atoms. The number of benzene rings is 1. The number of unbranched alkanes of at least 4 members (excludes halogenated alkanes) is 4. The Balaban J connectivity index is 2.61. The number of amides is 1. The van der Waals surface area contributed by atoms with Gasteiger partial charge in [-0.15, -0.1) is 0 Å². The molecule has 0 aromatic heterocycles. The smallest absolute Gasteiger partial charge is 0.333 e. The van der Waals surface area contributed by atoms with Gasteiger partial charge in [0.15, 0.2) is 6.04 Å². The lowest BCUT2D eigenvalue weighted by molar-refractivity contribution is -0.145. The van der Waals surface area contributed by atoms with E-state index < -0.39 is 12.0 Å². The van der Waals surface area contributed by atoms with E-state index in [2.05, 4.69) is 12.2 Å². The summed E-state index contributed by atoms with van der Waals surface area (Å²) in [5, 5.41) is 2.80. The molecule has 0 aliphatic rings. The van der Waals surface area contributed by atoms with Gasteiger partial charge in [-0.25, -0.2) is 4.79 Å². The predicted octanol–water partition coefficient (Wildman–Crippen LogP) is 3.69. The second-order valence-corrected chi connectivity index (χ2v) is 5.54. The molecule has 1 aromatic rings. The molecule has 1 amide bonds. The molecule has 122 valence electrons. The number of rotatable bonds is 9. The maximum atomic E-state index is 12.1. The van der Waals surface area contributed by atoms with Gasteiger partial charge in [0, 0.05) is 6.42 Å². The number of carbonyl (C=O) groups is 2. The van der Waals surface area contributed by atoms with Gasteiger partial charge in [-0.3, -0.25) is 4.79 Å². The highest BCUT2D eigenvalue weighted by atomic mass is 16.5. The van der Waals surface area contributed by atoms with E-state index in [0.717, 1.165) is 30.4 Å². The zero-order valence-corrected chi connectivity index (χ0v) is 13.9. The van der Waals surface area contributed by atoms with Gasteiger partial charge in [-0.05, 0) is 24.5 Å². The Morgan fingerprint density at radius 1 is 1.14 bits per heavy atom. The second-order valence-electron chi connectivity index (χ2n) is 5.54. The van der Waals surface area contributed by atoms with Gasteiger partial charge in [0.05, 0.1) is 7.11 Å². The molecule has 0 saturated heterocycles. The van der Waals surface area contributed by atoms with Gasteiger partial charge in [-0.2, -0.15) is 0 Å². The summed E-state index contributed by atoms with van der Waals surface area (Å²) < 4.78 is 4.83. The van der Waals surface area contributed by atoms with Crippen molar-refractivity contribution in [2.45, 2.75) is 58.4 Å². The van der Waals surface area contributed by atoms with E-state index in [9.17, 15) is 9.59 Å². The van der Waals surface area contributed by atoms with E-state index in [1.807, 2.05) is 31.2 Å². The maximum absolute atomic E-state index is 12.1. The quantitative estimate of drug-likeness (QED) is 0.559. The summed E-state index contributed by atoms with van der Waals surface area (Å²) in [4.78, 5) is 24.1. The van der Waals surface area contributed by atoms with Crippen LogP contribution >= 0.6 is 0 Å². The van der Waals surface area contributed by atoms with Crippen LogP contribution < -0.4 is 5.32 Å². The Hall–Kier alpha value is -1.84. The number of carbonyl (C=O) groups excluding carboxylic acids is 2. The summed E-state index contributed by atoms with van der Waals surface area (Å²) in [6.07, 6.45) is 5.90. The fraction of sp³-hybridized carbons (Fsp3) is 0.556. The fourth-order valence-electron chi connectivity index (χ4n) is 2.41. The van der Waals surface area contributed by atoms with Crippen molar-refractivity contribution in [2.24, 2.45) is 0 Å². The van der Waals surface area contributed by atoms with Crippen molar-refractivity contribution in [3.8, 4) is 0 Å². The van der Waals surface area contributed by atoms with Crippen molar-refractivity contribution in [3.63, 3.8) is 0 Å². The minimum Gasteiger partial charge on any atom is -0.467 e. The fourth-order valence-corrected chi connectivity index (χ4v) is 2.41. The van der Waals surface area contributed by atoms with Gasteiger partial charge in [0.1, 0.15) is 0 Å². The van der Waals surface area contributed by atoms with E-state index in [-0.39, 0.29) is 5.91 Å². The van der Waals surface area contributed by atoms with Gasteiger partial charge in [0.2, 0.25) is 5.91 Å². The molecule has 1 rings (SSSR count). The van der Waals surface area contributed by atoms with Crippen LogP contribution in [0.4, 0.5) is 0 Å². The molecule has 0 heterocycles. The summed E-state index contributed by atoms with van der Waals surface area (Å²) in [5.41, 5.74) is 1.75. The standard InChI is InChI=1S/C18H27NO3/c1-4-5-6-7-8-13-16(20)19-17(18(21)22-3)15-12-10-9-11-14(15)2/h9-12,17H,4-8,13H2,1-3H3,(H,19,20). The molecule has 0 saturated carbocycles. The lowest BCUT2D eigenvalue weighted by Gasteiger charge is -2.18. The molecule has 0 fully saturated rings. The monoisotopic (exact) mass is 305 g/mol. The highest BCUT2D eigenvalue weighted by molar-refractivity contribution is 5.85. The van der Waals surface area contributed by atoms with Crippen molar-refractivity contribution in [1.29, 1.82) is 0 Å². The maximum Gasteiger partial charge on any atom is 0.333 e. The Morgan fingerprint density at radius 3 is 2.45 bits per heavy atom. The predicted molar refractivity (Wildman–Crippen MR) is 87.5 cm³/mol. The van der Waals surface area contributed by atoms with Gasteiger partial charge in [-0.1, -0.05) is 56.9 Å². The van der Waals surface area contributed by atoms with Crippen LogP contribution in [0.25, 0.3) is 0 Å². The van der Waals surface area contributed by atoms with Gasteiger partial charge in [0.25, 0.3) is 0 Å². The SMILES string of the molecule is CCCCCCCC(=O)NC(C(=O)OC)c1ccccc1C. The third-order valence-electron chi connectivity index (χ3n) is 3.75. The third-order valence-corrected chi connectivity index (χ3v) is 3.75. The highest BCUT2D eigenvalue weighted by Crippen LogP contribution is 2.19. The largest absolute Gasteiger partial charge is 0.467 e. The highest BCUT2D eigenvalue weighted by Gasteiger charge is 2.24. The van der Waals surface area contributed by atoms with Crippen molar-refractivity contribution in [2.75, 3.05) is 7.11 Å². The first kappa shape index (κ1) is 18.2.